The number of carboxylic acid groups (broad SMARTS) is 1. The Morgan fingerprint density at radius 1 is 1.30 bits per heavy atom. The zero-order valence-corrected chi connectivity index (χ0v) is 13.5. The van der Waals surface area contributed by atoms with Crippen molar-refractivity contribution in [1.82, 2.24) is 4.90 Å². The third kappa shape index (κ3) is 4.96. The number of nitrogens with zero attached hydrogens (tertiary/aromatic N) is 1. The van der Waals surface area contributed by atoms with E-state index in [2.05, 4.69) is 0 Å². The molecule has 1 aromatic carbocycles. The normalized spacial score (nSPS) is 21.0. The molecule has 2 rings (SSSR count). The number of aliphatic carboxylic acids is 1. The summed E-state index contributed by atoms with van der Waals surface area (Å²) in [5.41, 5.74) is 1.15. The fourth-order valence-corrected chi connectivity index (χ4v) is 2.69. The van der Waals surface area contributed by atoms with E-state index in [-0.39, 0.29) is 18.6 Å². The number of carbonyl (C=O) groups is 2. The minimum absolute atomic E-state index is 0.0140. The van der Waals surface area contributed by atoms with E-state index < -0.39 is 12.1 Å². The lowest BCUT2D eigenvalue weighted by Crippen LogP contribution is -2.51. The molecule has 0 spiro atoms. The summed E-state index contributed by atoms with van der Waals surface area (Å²) in [6.07, 6.45) is 0.761. The summed E-state index contributed by atoms with van der Waals surface area (Å²) in [5, 5.41) is 9.05. The first-order valence-electron chi connectivity index (χ1n) is 7.78. The van der Waals surface area contributed by atoms with E-state index in [0.29, 0.717) is 13.0 Å². The molecule has 0 radical (unpaired) electrons. The minimum Gasteiger partial charge on any atom is -0.497 e. The molecule has 1 heterocycles. The standard InChI is InChI=1S/C17H23NO5/c1-12-10-18(11-15(23-12)17(20)21)16(19)5-3-4-13-6-8-14(22-2)9-7-13/h6-9,12,15H,3-5,10-11H2,1-2H3,(H,20,21)/t12-,15?/m1/s1. The largest absolute Gasteiger partial charge is 0.497 e. The van der Waals surface area contributed by atoms with E-state index in [0.717, 1.165) is 24.2 Å². The van der Waals surface area contributed by atoms with Gasteiger partial charge in [0.05, 0.1) is 19.8 Å². The maximum atomic E-state index is 12.3. The lowest BCUT2D eigenvalue weighted by atomic mass is 10.1. The van der Waals surface area contributed by atoms with Crippen LogP contribution in [0, 0.1) is 0 Å². The van der Waals surface area contributed by atoms with Crippen molar-refractivity contribution in [1.29, 1.82) is 0 Å². The third-order valence-corrected chi connectivity index (χ3v) is 3.90. The molecule has 0 bridgehead atoms. The van der Waals surface area contributed by atoms with Gasteiger partial charge in [-0.15, -0.1) is 0 Å². The zero-order valence-electron chi connectivity index (χ0n) is 13.5. The highest BCUT2D eigenvalue weighted by atomic mass is 16.5. The number of amides is 1. The van der Waals surface area contributed by atoms with Crippen LogP contribution in [0.25, 0.3) is 0 Å². The molecule has 0 saturated carbocycles. The van der Waals surface area contributed by atoms with Crippen LogP contribution >= 0.6 is 0 Å². The van der Waals surface area contributed by atoms with Crippen LogP contribution in [0.1, 0.15) is 25.3 Å². The highest BCUT2D eigenvalue weighted by Crippen LogP contribution is 2.16. The first-order chi connectivity index (χ1) is 11.0. The lowest BCUT2D eigenvalue weighted by Gasteiger charge is -2.35. The van der Waals surface area contributed by atoms with Gasteiger partial charge < -0.3 is 19.5 Å². The predicted octanol–water partition coefficient (Wildman–Crippen LogP) is 1.72. The van der Waals surface area contributed by atoms with Crippen LogP contribution in [0.5, 0.6) is 5.75 Å². The maximum absolute atomic E-state index is 12.3. The van der Waals surface area contributed by atoms with Gasteiger partial charge in [-0.3, -0.25) is 4.79 Å². The fourth-order valence-electron chi connectivity index (χ4n) is 2.69. The van der Waals surface area contributed by atoms with Crippen molar-refractivity contribution < 1.29 is 24.2 Å². The molecule has 1 saturated heterocycles. The van der Waals surface area contributed by atoms with Gasteiger partial charge in [0.2, 0.25) is 5.91 Å². The molecule has 0 aromatic heterocycles. The van der Waals surface area contributed by atoms with Gasteiger partial charge in [-0.1, -0.05) is 12.1 Å². The second-order valence-electron chi connectivity index (χ2n) is 5.77. The molecule has 6 heteroatoms. The Balaban J connectivity index is 1.80. The number of morpholine rings is 1. The number of hydrogen-bond acceptors (Lipinski definition) is 4. The quantitative estimate of drug-likeness (QED) is 0.863. The van der Waals surface area contributed by atoms with Crippen LogP contribution < -0.4 is 4.74 Å². The fraction of sp³-hybridized carbons (Fsp3) is 0.529. The molecule has 126 valence electrons. The zero-order chi connectivity index (χ0) is 16.8. The van der Waals surface area contributed by atoms with Crippen molar-refractivity contribution in [2.45, 2.75) is 38.4 Å². The monoisotopic (exact) mass is 321 g/mol. The summed E-state index contributed by atoms with van der Waals surface area (Å²) in [5.74, 6) is -0.223. The molecule has 1 aromatic rings. The van der Waals surface area contributed by atoms with Gasteiger partial charge in [-0.05, 0) is 37.5 Å². The number of methoxy groups -OCH3 is 1. The second kappa shape index (κ2) is 7.97. The average Bonchev–Trinajstić information content (AvgIpc) is 2.54. The molecular formula is C17H23NO5. The number of benzene rings is 1. The Morgan fingerprint density at radius 2 is 2.00 bits per heavy atom. The lowest BCUT2D eigenvalue weighted by molar-refractivity contribution is -0.166. The molecule has 6 nitrogen and oxygen atoms in total. The van der Waals surface area contributed by atoms with Gasteiger partial charge >= 0.3 is 5.97 Å². The number of ether oxygens (including phenoxy) is 2. The molecule has 2 atom stereocenters. The van der Waals surface area contributed by atoms with Gasteiger partial charge in [0.1, 0.15) is 5.75 Å². The number of aryl methyl sites for hydroxylation is 1. The van der Waals surface area contributed by atoms with Crippen LogP contribution in [0.3, 0.4) is 0 Å². The van der Waals surface area contributed by atoms with Crippen LogP contribution in [0.2, 0.25) is 0 Å². The van der Waals surface area contributed by atoms with Crippen LogP contribution in [0.15, 0.2) is 24.3 Å². The van der Waals surface area contributed by atoms with Crippen LogP contribution in [-0.4, -0.2) is 54.3 Å². The van der Waals surface area contributed by atoms with E-state index in [9.17, 15) is 9.59 Å². The van der Waals surface area contributed by atoms with E-state index in [1.165, 1.54) is 0 Å². The van der Waals surface area contributed by atoms with Crippen molar-refractivity contribution in [3.05, 3.63) is 29.8 Å². The minimum atomic E-state index is -1.02. The smallest absolute Gasteiger partial charge is 0.334 e. The first kappa shape index (κ1) is 17.3. The summed E-state index contributed by atoms with van der Waals surface area (Å²) in [7, 11) is 1.63. The topological polar surface area (TPSA) is 76.1 Å². The van der Waals surface area contributed by atoms with Gasteiger partial charge in [-0.25, -0.2) is 4.79 Å². The Hall–Kier alpha value is -2.08. The van der Waals surface area contributed by atoms with E-state index in [1.807, 2.05) is 24.3 Å². The van der Waals surface area contributed by atoms with E-state index in [4.69, 9.17) is 14.6 Å². The Kier molecular flexibility index (Phi) is 5.98. The summed E-state index contributed by atoms with van der Waals surface area (Å²) < 4.78 is 10.4. The van der Waals surface area contributed by atoms with E-state index in [1.54, 1.807) is 18.9 Å². The van der Waals surface area contributed by atoms with Gasteiger partial charge in [0, 0.05) is 13.0 Å². The highest BCUT2D eigenvalue weighted by Gasteiger charge is 2.32. The number of carboxylic acids is 1. The first-order valence-corrected chi connectivity index (χ1v) is 7.78. The molecule has 1 aliphatic heterocycles. The van der Waals surface area contributed by atoms with Crippen LogP contribution in [0.4, 0.5) is 0 Å². The van der Waals surface area contributed by atoms with Crippen molar-refractivity contribution in [3.8, 4) is 5.75 Å². The molecule has 23 heavy (non-hydrogen) atoms. The average molecular weight is 321 g/mol. The molecule has 1 fully saturated rings. The number of rotatable bonds is 6. The van der Waals surface area contributed by atoms with Crippen LogP contribution in [-0.2, 0) is 20.7 Å². The summed E-state index contributed by atoms with van der Waals surface area (Å²) in [6.45, 7) is 2.36. The molecular weight excluding hydrogens is 298 g/mol. The van der Waals surface area contributed by atoms with E-state index >= 15 is 0 Å². The molecule has 1 unspecified atom stereocenters. The Labute approximate surface area is 136 Å². The molecule has 1 amide bonds. The Bertz CT molecular complexity index is 542. The summed E-state index contributed by atoms with van der Waals surface area (Å²) in [4.78, 5) is 24.9. The van der Waals surface area contributed by atoms with Crippen molar-refractivity contribution in [3.63, 3.8) is 0 Å². The van der Waals surface area contributed by atoms with Crippen molar-refractivity contribution in [2.24, 2.45) is 0 Å². The molecule has 1 N–H and O–H groups in total. The summed E-state index contributed by atoms with van der Waals surface area (Å²) >= 11 is 0. The van der Waals surface area contributed by atoms with Gasteiger partial charge in [-0.2, -0.15) is 0 Å². The second-order valence-corrected chi connectivity index (χ2v) is 5.77. The molecule has 1 aliphatic rings. The SMILES string of the molecule is COc1ccc(CCCC(=O)N2CC(C(=O)O)O[C@H](C)C2)cc1. The predicted molar refractivity (Wildman–Crippen MR) is 84.5 cm³/mol. The Morgan fingerprint density at radius 3 is 2.61 bits per heavy atom. The van der Waals surface area contributed by atoms with Gasteiger partial charge in [0.25, 0.3) is 0 Å². The number of carbonyl (C=O) groups excluding carboxylic acids is 1. The maximum Gasteiger partial charge on any atom is 0.334 e. The van der Waals surface area contributed by atoms with Crippen molar-refractivity contribution >= 4 is 11.9 Å². The molecule has 0 aliphatic carbocycles. The summed E-state index contributed by atoms with van der Waals surface area (Å²) in [6, 6.07) is 7.78. The highest BCUT2D eigenvalue weighted by molar-refractivity contribution is 5.78. The number of hydrogen-bond donors (Lipinski definition) is 1. The third-order valence-electron chi connectivity index (χ3n) is 3.90. The van der Waals surface area contributed by atoms with Crippen molar-refractivity contribution in [2.75, 3.05) is 20.2 Å². The van der Waals surface area contributed by atoms with Gasteiger partial charge in [0.15, 0.2) is 6.10 Å².